The van der Waals surface area contributed by atoms with Crippen molar-refractivity contribution in [1.82, 2.24) is 5.32 Å². The third-order valence-corrected chi connectivity index (χ3v) is 9.76. The molecule has 206 valence electrons. The van der Waals surface area contributed by atoms with Gasteiger partial charge in [-0.15, -0.1) is 0 Å². The molecule has 0 aliphatic rings. The monoisotopic (exact) mass is 531 g/mol. The lowest BCUT2D eigenvalue weighted by molar-refractivity contribution is 0.290. The lowest BCUT2D eigenvalue weighted by Gasteiger charge is -2.37. The second-order valence-corrected chi connectivity index (χ2v) is 14.7. The molecule has 1 N–H and O–H groups in total. The van der Waals surface area contributed by atoms with E-state index >= 15 is 0 Å². The number of nitrogens with one attached hydrogen (secondary N) is 1. The summed E-state index contributed by atoms with van der Waals surface area (Å²) in [5.41, 5.74) is 8.04. The highest BCUT2D eigenvalue weighted by molar-refractivity contribution is 7.48. The summed E-state index contributed by atoms with van der Waals surface area (Å²) in [7, 11) is 0.642. The molecule has 3 aromatic carbocycles. The first-order valence-electron chi connectivity index (χ1n) is 14.2. The number of hydrogen-bond donors (Lipinski definition) is 1. The van der Waals surface area contributed by atoms with E-state index in [0.29, 0.717) is 15.2 Å². The highest BCUT2D eigenvalue weighted by atomic mass is 31.1. The number of aryl methyl sites for hydroxylation is 1. The van der Waals surface area contributed by atoms with E-state index < -0.39 is 0 Å². The average Bonchev–Trinajstić information content (AvgIpc) is 2.86. The fourth-order valence-corrected chi connectivity index (χ4v) is 6.51. The molecular weight excluding hydrogens is 481 g/mol. The lowest BCUT2D eigenvalue weighted by atomic mass is 9.77. The zero-order valence-electron chi connectivity index (χ0n) is 25.5. The normalized spacial score (nSPS) is 14.2. The number of ether oxygens (including phenoxy) is 1. The van der Waals surface area contributed by atoms with E-state index in [-0.39, 0.29) is 16.0 Å². The van der Waals surface area contributed by atoms with Crippen molar-refractivity contribution >= 4 is 13.9 Å². The molecule has 2 atom stereocenters. The van der Waals surface area contributed by atoms with E-state index in [4.69, 9.17) is 4.74 Å². The van der Waals surface area contributed by atoms with Crippen molar-refractivity contribution in [3.8, 4) is 5.75 Å². The fourth-order valence-electron chi connectivity index (χ4n) is 4.85. The maximum absolute atomic E-state index is 6.85. The molecule has 3 aromatic rings. The highest BCUT2D eigenvalue weighted by Crippen LogP contribution is 2.51. The van der Waals surface area contributed by atoms with E-state index in [1.165, 1.54) is 38.7 Å². The van der Waals surface area contributed by atoms with Crippen LogP contribution in [-0.4, -0.2) is 6.54 Å². The van der Waals surface area contributed by atoms with Gasteiger partial charge in [0, 0.05) is 22.8 Å². The molecule has 0 radical (unpaired) electrons. The zero-order chi connectivity index (χ0) is 28.1. The second-order valence-electron chi connectivity index (χ2n) is 12.9. The maximum Gasteiger partial charge on any atom is 0.127 e. The van der Waals surface area contributed by atoms with Crippen LogP contribution in [0.25, 0.3) is 0 Å². The van der Waals surface area contributed by atoms with Crippen LogP contribution in [0.1, 0.15) is 102 Å². The molecule has 0 fully saturated rings. The first-order chi connectivity index (χ1) is 17.8. The molecule has 38 heavy (non-hydrogen) atoms. The molecule has 0 heterocycles. The van der Waals surface area contributed by atoms with Crippen LogP contribution < -0.4 is 15.4 Å². The Kier molecular flexibility index (Phi) is 9.88. The summed E-state index contributed by atoms with van der Waals surface area (Å²) in [6.07, 6.45) is 1.04. The Labute approximate surface area is 234 Å². The molecule has 0 saturated heterocycles. The number of hydrogen-bond acceptors (Lipinski definition) is 2. The van der Waals surface area contributed by atoms with Crippen LogP contribution in [0.4, 0.5) is 0 Å². The minimum atomic E-state index is -0.0552. The fraction of sp³-hybridized carbons (Fsp3) is 0.486. The van der Waals surface area contributed by atoms with Crippen LogP contribution in [0.15, 0.2) is 60.7 Å². The number of rotatable bonds is 10. The van der Waals surface area contributed by atoms with Crippen LogP contribution >= 0.6 is 8.58 Å². The molecule has 3 heteroatoms. The summed E-state index contributed by atoms with van der Waals surface area (Å²) in [6.45, 7) is 25.6. The molecule has 2 nitrogen and oxygen atoms in total. The molecule has 0 aromatic heterocycles. The predicted molar refractivity (Wildman–Crippen MR) is 169 cm³/mol. The Morgan fingerprint density at radius 3 is 2.03 bits per heavy atom. The SMILES string of the molecule is CCNCc1cccc(C)c1PC(C)(CC)c1cc(C(C)(C)C)cc(C(C)(C)C)c1OCc1ccccc1. The van der Waals surface area contributed by atoms with Gasteiger partial charge in [-0.25, -0.2) is 0 Å². The van der Waals surface area contributed by atoms with Gasteiger partial charge in [0.1, 0.15) is 12.4 Å². The van der Waals surface area contributed by atoms with Crippen molar-refractivity contribution in [2.45, 2.75) is 105 Å². The summed E-state index contributed by atoms with van der Waals surface area (Å²) in [5, 5.41) is 5.00. The van der Waals surface area contributed by atoms with E-state index in [0.717, 1.165) is 25.3 Å². The van der Waals surface area contributed by atoms with E-state index in [1.54, 1.807) is 0 Å². The smallest absolute Gasteiger partial charge is 0.127 e. The highest BCUT2D eigenvalue weighted by Gasteiger charge is 2.35. The molecule has 3 rings (SSSR count). The van der Waals surface area contributed by atoms with Crippen molar-refractivity contribution in [3.63, 3.8) is 0 Å². The summed E-state index contributed by atoms with van der Waals surface area (Å²) in [6, 6.07) is 22.2. The van der Waals surface area contributed by atoms with Crippen molar-refractivity contribution in [2.75, 3.05) is 6.54 Å². The Hall–Kier alpha value is -2.15. The van der Waals surface area contributed by atoms with Gasteiger partial charge in [-0.1, -0.05) is 132 Å². The van der Waals surface area contributed by atoms with Crippen molar-refractivity contribution in [2.24, 2.45) is 0 Å². The summed E-state index contributed by atoms with van der Waals surface area (Å²) in [5.74, 6) is 1.08. The molecule has 0 aliphatic carbocycles. The van der Waals surface area contributed by atoms with Crippen molar-refractivity contribution in [3.05, 3.63) is 94.0 Å². The number of benzene rings is 3. The first kappa shape index (κ1) is 30.4. The second kappa shape index (κ2) is 12.4. The molecule has 0 amide bonds. The van der Waals surface area contributed by atoms with E-state index in [2.05, 4.69) is 135 Å². The Bertz CT molecular complexity index is 1200. The third-order valence-electron chi connectivity index (χ3n) is 7.62. The van der Waals surface area contributed by atoms with Gasteiger partial charge in [0.15, 0.2) is 0 Å². The summed E-state index contributed by atoms with van der Waals surface area (Å²) < 4.78 is 6.85. The van der Waals surface area contributed by atoms with Gasteiger partial charge < -0.3 is 10.1 Å². The standard InChI is InChI=1S/C35H50NOP/c1-11-35(10,38-32-25(3)17-16-20-27(32)23-36-12-2)30-22-28(33(4,5)6)21-29(34(7,8)9)31(30)37-24-26-18-14-13-15-19-26/h13-22,36,38H,11-12,23-24H2,1-10H3. The van der Waals surface area contributed by atoms with E-state index in [1.807, 2.05) is 0 Å². The Balaban J connectivity index is 2.23. The Morgan fingerprint density at radius 1 is 0.789 bits per heavy atom. The molecule has 0 bridgehead atoms. The topological polar surface area (TPSA) is 21.3 Å². The third kappa shape index (κ3) is 7.28. The van der Waals surface area contributed by atoms with Gasteiger partial charge in [-0.3, -0.25) is 0 Å². The predicted octanol–water partition coefficient (Wildman–Crippen LogP) is 8.91. The minimum Gasteiger partial charge on any atom is -0.488 e. The maximum atomic E-state index is 6.85. The van der Waals surface area contributed by atoms with Gasteiger partial charge >= 0.3 is 0 Å². The van der Waals surface area contributed by atoms with Crippen LogP contribution in [-0.2, 0) is 29.1 Å². The van der Waals surface area contributed by atoms with Gasteiger partial charge in [0.05, 0.1) is 0 Å². The average molecular weight is 532 g/mol. The molecule has 2 unspecified atom stereocenters. The largest absolute Gasteiger partial charge is 0.488 e. The minimum absolute atomic E-state index is 0.0430. The Morgan fingerprint density at radius 2 is 1.45 bits per heavy atom. The van der Waals surface area contributed by atoms with Gasteiger partial charge in [-0.05, 0) is 58.3 Å². The van der Waals surface area contributed by atoms with Gasteiger partial charge in [0.2, 0.25) is 0 Å². The first-order valence-corrected chi connectivity index (χ1v) is 15.2. The molecular formula is C35H50NOP. The van der Waals surface area contributed by atoms with Crippen molar-refractivity contribution < 1.29 is 4.74 Å². The van der Waals surface area contributed by atoms with Gasteiger partial charge in [0.25, 0.3) is 0 Å². The van der Waals surface area contributed by atoms with E-state index in [9.17, 15) is 0 Å². The molecule has 0 saturated carbocycles. The van der Waals surface area contributed by atoms with Crippen LogP contribution in [0.3, 0.4) is 0 Å². The summed E-state index contributed by atoms with van der Waals surface area (Å²) in [4.78, 5) is 0. The molecule has 0 spiro atoms. The van der Waals surface area contributed by atoms with Crippen LogP contribution in [0.2, 0.25) is 0 Å². The lowest BCUT2D eigenvalue weighted by Crippen LogP contribution is -2.27. The van der Waals surface area contributed by atoms with Crippen LogP contribution in [0.5, 0.6) is 5.75 Å². The van der Waals surface area contributed by atoms with Gasteiger partial charge in [-0.2, -0.15) is 0 Å². The zero-order valence-corrected chi connectivity index (χ0v) is 26.5. The quantitative estimate of drug-likeness (QED) is 0.264. The molecule has 0 aliphatic heterocycles. The van der Waals surface area contributed by atoms with Crippen molar-refractivity contribution in [1.29, 1.82) is 0 Å². The summed E-state index contributed by atoms with van der Waals surface area (Å²) >= 11 is 0. The van der Waals surface area contributed by atoms with Crippen LogP contribution in [0, 0.1) is 6.92 Å².